The van der Waals surface area contributed by atoms with Crippen molar-refractivity contribution in [3.8, 4) is 0 Å². The van der Waals surface area contributed by atoms with Gasteiger partial charge in [0, 0.05) is 18.6 Å². The lowest BCUT2D eigenvalue weighted by Gasteiger charge is -2.28. The van der Waals surface area contributed by atoms with Crippen LogP contribution < -0.4 is 5.32 Å². The maximum atomic E-state index is 10.3. The van der Waals surface area contributed by atoms with E-state index in [0.29, 0.717) is 18.6 Å². The largest absolute Gasteiger partial charge is 0.465 e. The van der Waals surface area contributed by atoms with Gasteiger partial charge in [-0.15, -0.1) is 0 Å². The van der Waals surface area contributed by atoms with Crippen molar-refractivity contribution in [1.29, 1.82) is 0 Å². The highest BCUT2D eigenvalue weighted by Crippen LogP contribution is 2.21. The van der Waals surface area contributed by atoms with Crippen LogP contribution in [-0.4, -0.2) is 41.3 Å². The predicted octanol–water partition coefficient (Wildman–Crippen LogP) is 1.52. The molecular formula is C10H20N2O2. The fourth-order valence-corrected chi connectivity index (χ4v) is 2.19. The van der Waals surface area contributed by atoms with E-state index in [1.165, 1.54) is 12.8 Å². The summed E-state index contributed by atoms with van der Waals surface area (Å²) in [7, 11) is 0. The van der Waals surface area contributed by atoms with E-state index in [1.54, 1.807) is 0 Å². The summed E-state index contributed by atoms with van der Waals surface area (Å²) >= 11 is 0. The Morgan fingerprint density at radius 3 is 2.93 bits per heavy atom. The first-order valence-electron chi connectivity index (χ1n) is 5.34. The van der Waals surface area contributed by atoms with Gasteiger partial charge in [-0.05, 0) is 39.7 Å². The van der Waals surface area contributed by atoms with Crippen molar-refractivity contribution >= 4 is 6.09 Å². The second-order valence-electron chi connectivity index (χ2n) is 4.15. The van der Waals surface area contributed by atoms with Gasteiger partial charge in [-0.25, -0.2) is 4.79 Å². The number of nitrogens with one attached hydrogen (secondary N) is 1. The van der Waals surface area contributed by atoms with Crippen molar-refractivity contribution in [3.05, 3.63) is 0 Å². The van der Waals surface area contributed by atoms with Gasteiger partial charge in [0.1, 0.15) is 0 Å². The molecule has 82 valence electrons. The minimum atomic E-state index is -0.918. The highest BCUT2D eigenvalue weighted by atomic mass is 16.4. The van der Waals surface area contributed by atoms with E-state index in [-0.39, 0.29) is 0 Å². The molecule has 1 aliphatic rings. The molecule has 1 saturated heterocycles. The quantitative estimate of drug-likeness (QED) is 0.723. The second-order valence-corrected chi connectivity index (χ2v) is 4.15. The molecule has 0 spiro atoms. The van der Waals surface area contributed by atoms with Gasteiger partial charge in [0.25, 0.3) is 0 Å². The zero-order valence-electron chi connectivity index (χ0n) is 8.99. The zero-order chi connectivity index (χ0) is 10.6. The second kappa shape index (κ2) is 5.20. The number of hydrogen-bond acceptors (Lipinski definition) is 2. The van der Waals surface area contributed by atoms with E-state index in [2.05, 4.69) is 24.1 Å². The molecule has 0 aromatic carbocycles. The van der Waals surface area contributed by atoms with Crippen LogP contribution in [-0.2, 0) is 0 Å². The predicted molar refractivity (Wildman–Crippen MR) is 55.5 cm³/mol. The number of hydrogen-bond donors (Lipinski definition) is 2. The smallest absolute Gasteiger partial charge is 0.404 e. The Balaban J connectivity index is 2.25. The first-order valence-corrected chi connectivity index (χ1v) is 5.34. The molecule has 4 nitrogen and oxygen atoms in total. The van der Waals surface area contributed by atoms with Gasteiger partial charge >= 0.3 is 6.09 Å². The fraction of sp³-hybridized carbons (Fsp3) is 0.900. The molecular weight excluding hydrogens is 180 g/mol. The molecule has 0 radical (unpaired) electrons. The minimum absolute atomic E-state index is 0.571. The standard InChI is InChI=1S/C10H20N2O2/c1-8(2)12-7-3-4-9(12)5-6-11-10(13)14/h8-9,11H,3-7H2,1-2H3,(H,13,14). The number of amides is 1. The summed E-state index contributed by atoms with van der Waals surface area (Å²) in [5, 5.41) is 10.9. The molecule has 1 aliphatic heterocycles. The van der Waals surface area contributed by atoms with E-state index in [4.69, 9.17) is 5.11 Å². The van der Waals surface area contributed by atoms with E-state index >= 15 is 0 Å². The Morgan fingerprint density at radius 2 is 2.36 bits per heavy atom. The van der Waals surface area contributed by atoms with Crippen LogP contribution in [0, 0.1) is 0 Å². The van der Waals surface area contributed by atoms with Crippen LogP contribution in [0.4, 0.5) is 4.79 Å². The van der Waals surface area contributed by atoms with Gasteiger partial charge in [0.05, 0.1) is 0 Å². The molecule has 0 saturated carbocycles. The lowest BCUT2D eigenvalue weighted by molar-refractivity contribution is 0.182. The summed E-state index contributed by atoms with van der Waals surface area (Å²) < 4.78 is 0. The van der Waals surface area contributed by atoms with Crippen LogP contribution in [0.15, 0.2) is 0 Å². The number of likely N-dealkylation sites (tertiary alicyclic amines) is 1. The van der Waals surface area contributed by atoms with E-state index in [0.717, 1.165) is 13.0 Å². The van der Waals surface area contributed by atoms with E-state index < -0.39 is 6.09 Å². The molecule has 1 rings (SSSR count). The summed E-state index contributed by atoms with van der Waals surface area (Å²) in [6.07, 6.45) is 2.47. The molecule has 0 aromatic rings. The van der Waals surface area contributed by atoms with Crippen LogP contribution in [0.2, 0.25) is 0 Å². The van der Waals surface area contributed by atoms with Crippen molar-refractivity contribution in [1.82, 2.24) is 10.2 Å². The Kier molecular flexibility index (Phi) is 4.20. The summed E-state index contributed by atoms with van der Waals surface area (Å²) in [6.45, 7) is 6.13. The van der Waals surface area contributed by atoms with Crippen molar-refractivity contribution in [3.63, 3.8) is 0 Å². The van der Waals surface area contributed by atoms with Crippen molar-refractivity contribution in [2.75, 3.05) is 13.1 Å². The number of rotatable bonds is 4. The molecule has 14 heavy (non-hydrogen) atoms. The number of carboxylic acid groups (broad SMARTS) is 1. The number of nitrogens with zero attached hydrogens (tertiary/aromatic N) is 1. The molecule has 0 aliphatic carbocycles. The minimum Gasteiger partial charge on any atom is -0.465 e. The maximum absolute atomic E-state index is 10.3. The lowest BCUT2D eigenvalue weighted by Crippen LogP contribution is -2.37. The average Bonchev–Trinajstić information content (AvgIpc) is 2.51. The fourth-order valence-electron chi connectivity index (χ4n) is 2.19. The van der Waals surface area contributed by atoms with Crippen LogP contribution in [0.3, 0.4) is 0 Å². The monoisotopic (exact) mass is 200 g/mol. The Labute approximate surface area is 85.3 Å². The van der Waals surface area contributed by atoms with Gasteiger partial charge in [0.2, 0.25) is 0 Å². The van der Waals surface area contributed by atoms with Gasteiger partial charge < -0.3 is 10.4 Å². The Bertz CT molecular complexity index is 195. The third kappa shape index (κ3) is 3.18. The zero-order valence-corrected chi connectivity index (χ0v) is 8.99. The molecule has 2 N–H and O–H groups in total. The molecule has 1 fully saturated rings. The van der Waals surface area contributed by atoms with E-state index in [9.17, 15) is 4.79 Å². The lowest BCUT2D eigenvalue weighted by atomic mass is 10.1. The molecule has 0 bridgehead atoms. The number of carbonyl (C=O) groups is 1. The molecule has 4 heteroatoms. The summed E-state index contributed by atoms with van der Waals surface area (Å²) in [5.74, 6) is 0. The van der Waals surface area contributed by atoms with Crippen molar-refractivity contribution < 1.29 is 9.90 Å². The summed E-state index contributed by atoms with van der Waals surface area (Å²) in [5.41, 5.74) is 0. The molecule has 0 aromatic heterocycles. The van der Waals surface area contributed by atoms with Crippen LogP contribution in [0.25, 0.3) is 0 Å². The average molecular weight is 200 g/mol. The first-order chi connectivity index (χ1) is 6.61. The van der Waals surface area contributed by atoms with Gasteiger partial charge in [-0.1, -0.05) is 0 Å². The maximum Gasteiger partial charge on any atom is 0.404 e. The molecule has 1 heterocycles. The van der Waals surface area contributed by atoms with Gasteiger partial charge in [-0.3, -0.25) is 4.90 Å². The third-order valence-electron chi connectivity index (χ3n) is 2.84. The normalized spacial score (nSPS) is 22.9. The van der Waals surface area contributed by atoms with Crippen molar-refractivity contribution in [2.24, 2.45) is 0 Å². The van der Waals surface area contributed by atoms with Gasteiger partial charge in [0.15, 0.2) is 0 Å². The third-order valence-corrected chi connectivity index (χ3v) is 2.84. The highest BCUT2D eigenvalue weighted by Gasteiger charge is 2.25. The summed E-state index contributed by atoms with van der Waals surface area (Å²) in [4.78, 5) is 12.7. The topological polar surface area (TPSA) is 52.6 Å². The van der Waals surface area contributed by atoms with Crippen molar-refractivity contribution in [2.45, 2.75) is 45.2 Å². The Morgan fingerprint density at radius 1 is 1.64 bits per heavy atom. The van der Waals surface area contributed by atoms with Crippen LogP contribution in [0.1, 0.15) is 33.1 Å². The Hall–Kier alpha value is -0.770. The molecule has 1 unspecified atom stereocenters. The summed E-state index contributed by atoms with van der Waals surface area (Å²) in [6, 6.07) is 1.15. The van der Waals surface area contributed by atoms with Gasteiger partial charge in [-0.2, -0.15) is 0 Å². The highest BCUT2D eigenvalue weighted by molar-refractivity contribution is 5.64. The first kappa shape index (κ1) is 11.3. The SMILES string of the molecule is CC(C)N1CCCC1CCNC(=O)O. The molecule has 1 amide bonds. The molecule has 1 atom stereocenters. The van der Waals surface area contributed by atoms with E-state index in [1.807, 2.05) is 0 Å². The van der Waals surface area contributed by atoms with Crippen LogP contribution in [0.5, 0.6) is 0 Å². The van der Waals surface area contributed by atoms with Crippen LogP contribution >= 0.6 is 0 Å².